The highest BCUT2D eigenvalue weighted by molar-refractivity contribution is 6.25. The summed E-state index contributed by atoms with van der Waals surface area (Å²) in [4.78, 5) is 25.7. The van der Waals surface area contributed by atoms with Crippen LogP contribution in [0.5, 0.6) is 0 Å². The molecule has 0 radical (unpaired) electrons. The fraction of sp³-hybridized carbons (Fsp3) is 0.280. The van der Waals surface area contributed by atoms with Crippen molar-refractivity contribution < 1.29 is 32.2 Å². The van der Waals surface area contributed by atoms with Gasteiger partial charge in [0.15, 0.2) is 12.0 Å². The van der Waals surface area contributed by atoms with Gasteiger partial charge in [-0.3, -0.25) is 4.79 Å². The Morgan fingerprint density at radius 3 is 2.64 bits per heavy atom. The molecule has 0 saturated heterocycles. The second-order valence-electron chi connectivity index (χ2n) is 7.83. The van der Waals surface area contributed by atoms with Gasteiger partial charge in [-0.25, -0.2) is 4.79 Å². The fourth-order valence-electron chi connectivity index (χ4n) is 4.13. The highest BCUT2D eigenvalue weighted by atomic mass is 19.4. The van der Waals surface area contributed by atoms with E-state index in [1.54, 1.807) is 6.92 Å². The zero-order valence-corrected chi connectivity index (χ0v) is 18.0. The molecule has 5 nitrogen and oxygen atoms in total. The predicted molar refractivity (Wildman–Crippen MR) is 116 cm³/mol. The van der Waals surface area contributed by atoms with Gasteiger partial charge in [-0.2, -0.15) is 13.2 Å². The molecule has 0 aromatic heterocycles. The average Bonchev–Trinajstić information content (AvgIpc) is 3.37. The van der Waals surface area contributed by atoms with E-state index in [1.165, 1.54) is 19.2 Å². The Morgan fingerprint density at radius 2 is 1.94 bits per heavy atom. The predicted octanol–water partition coefficient (Wildman–Crippen LogP) is 4.69. The van der Waals surface area contributed by atoms with Crippen molar-refractivity contribution in [3.63, 3.8) is 0 Å². The molecule has 1 aliphatic carbocycles. The lowest BCUT2D eigenvalue weighted by atomic mass is 9.89. The summed E-state index contributed by atoms with van der Waals surface area (Å²) in [5, 5.41) is 2.89. The number of Topliss-reactive ketones (excluding diaryl/α,β-unsaturated/α-hetero) is 1. The van der Waals surface area contributed by atoms with Crippen LogP contribution in [0.15, 0.2) is 60.5 Å². The SMILES string of the molecule is CCC(NC1=C(c2cccc(C(F)(F)F)c2)C(=O)C(C2C=Cc3ccccc32)O1)C(=O)OC. The van der Waals surface area contributed by atoms with Crippen LogP contribution in [-0.2, 0) is 25.2 Å². The van der Waals surface area contributed by atoms with Crippen LogP contribution in [0.1, 0.15) is 41.5 Å². The number of benzene rings is 2. The maximum atomic E-state index is 13.5. The molecule has 4 rings (SSSR count). The molecule has 0 spiro atoms. The second kappa shape index (κ2) is 8.77. The number of halogens is 3. The summed E-state index contributed by atoms with van der Waals surface area (Å²) in [6, 6.07) is 11.2. The third-order valence-electron chi connectivity index (χ3n) is 5.82. The van der Waals surface area contributed by atoms with E-state index in [-0.39, 0.29) is 17.0 Å². The Morgan fingerprint density at radius 1 is 1.18 bits per heavy atom. The Labute approximate surface area is 188 Å². The molecule has 33 heavy (non-hydrogen) atoms. The Balaban J connectivity index is 1.76. The van der Waals surface area contributed by atoms with Crippen molar-refractivity contribution in [2.45, 2.75) is 37.6 Å². The average molecular weight is 457 g/mol. The molecule has 2 aromatic carbocycles. The molecular formula is C25H22F3NO4. The van der Waals surface area contributed by atoms with E-state index in [0.717, 1.165) is 23.3 Å². The van der Waals surface area contributed by atoms with E-state index in [2.05, 4.69) is 5.32 Å². The minimum Gasteiger partial charge on any atom is -0.467 e. The summed E-state index contributed by atoms with van der Waals surface area (Å²) in [7, 11) is 1.23. The maximum Gasteiger partial charge on any atom is 0.416 e. The first kappa shape index (κ1) is 22.6. The molecule has 1 aliphatic heterocycles. The topological polar surface area (TPSA) is 64.6 Å². The Bertz CT molecular complexity index is 1150. The summed E-state index contributed by atoms with van der Waals surface area (Å²) in [5.74, 6) is -1.46. The summed E-state index contributed by atoms with van der Waals surface area (Å²) in [6.45, 7) is 1.74. The van der Waals surface area contributed by atoms with Crippen molar-refractivity contribution in [1.29, 1.82) is 0 Å². The van der Waals surface area contributed by atoms with Crippen LogP contribution in [0.2, 0.25) is 0 Å². The first-order valence-corrected chi connectivity index (χ1v) is 10.5. The van der Waals surface area contributed by atoms with E-state index >= 15 is 0 Å². The van der Waals surface area contributed by atoms with Gasteiger partial charge in [0.2, 0.25) is 5.78 Å². The number of hydrogen-bond donors (Lipinski definition) is 1. The quantitative estimate of drug-likeness (QED) is 0.638. The molecular weight excluding hydrogens is 435 g/mol. The lowest BCUT2D eigenvalue weighted by Crippen LogP contribution is -2.37. The number of fused-ring (bicyclic) bond motifs is 1. The minimum atomic E-state index is -4.57. The van der Waals surface area contributed by atoms with Crippen LogP contribution in [0.25, 0.3) is 11.6 Å². The zero-order chi connectivity index (χ0) is 23.8. The molecule has 2 aliphatic rings. The molecule has 2 aromatic rings. The van der Waals surface area contributed by atoms with E-state index in [0.29, 0.717) is 6.42 Å². The molecule has 0 fully saturated rings. The van der Waals surface area contributed by atoms with Gasteiger partial charge in [0.05, 0.1) is 18.2 Å². The van der Waals surface area contributed by atoms with Gasteiger partial charge in [-0.15, -0.1) is 0 Å². The van der Waals surface area contributed by atoms with Gasteiger partial charge in [0, 0.05) is 5.92 Å². The van der Waals surface area contributed by atoms with Crippen LogP contribution < -0.4 is 5.32 Å². The zero-order valence-electron chi connectivity index (χ0n) is 18.0. The van der Waals surface area contributed by atoms with E-state index in [1.807, 2.05) is 36.4 Å². The lowest BCUT2D eigenvalue weighted by molar-refractivity contribution is -0.143. The van der Waals surface area contributed by atoms with Gasteiger partial charge in [0.25, 0.3) is 0 Å². The summed E-state index contributed by atoms with van der Waals surface area (Å²) in [6.07, 6.45) is -1.50. The molecule has 8 heteroatoms. The van der Waals surface area contributed by atoms with Crippen molar-refractivity contribution in [2.75, 3.05) is 7.11 Å². The van der Waals surface area contributed by atoms with Crippen LogP contribution in [-0.4, -0.2) is 31.0 Å². The first-order valence-electron chi connectivity index (χ1n) is 10.5. The highest BCUT2D eigenvalue weighted by Gasteiger charge is 2.43. The Hall–Kier alpha value is -3.55. The van der Waals surface area contributed by atoms with E-state index < -0.39 is 41.6 Å². The second-order valence-corrected chi connectivity index (χ2v) is 7.83. The number of hydrogen-bond acceptors (Lipinski definition) is 5. The molecule has 1 heterocycles. The first-order chi connectivity index (χ1) is 15.7. The number of nitrogens with one attached hydrogen (secondary N) is 1. The number of ether oxygens (including phenoxy) is 2. The number of ketones is 1. The smallest absolute Gasteiger partial charge is 0.416 e. The molecule has 3 atom stereocenters. The molecule has 0 saturated carbocycles. The number of rotatable bonds is 6. The van der Waals surface area contributed by atoms with E-state index in [9.17, 15) is 22.8 Å². The van der Waals surface area contributed by atoms with Crippen LogP contribution >= 0.6 is 0 Å². The van der Waals surface area contributed by atoms with E-state index in [4.69, 9.17) is 9.47 Å². The summed E-state index contributed by atoms with van der Waals surface area (Å²) in [5.41, 5.74) is 0.998. The number of carbonyl (C=O) groups excluding carboxylic acids is 2. The third kappa shape index (κ3) is 4.25. The van der Waals surface area contributed by atoms with Gasteiger partial charge in [-0.1, -0.05) is 55.5 Å². The monoisotopic (exact) mass is 457 g/mol. The van der Waals surface area contributed by atoms with Gasteiger partial charge in [0.1, 0.15) is 6.04 Å². The number of carbonyl (C=O) groups is 2. The molecule has 3 unspecified atom stereocenters. The van der Waals surface area contributed by atoms with Crippen LogP contribution in [0, 0.1) is 0 Å². The molecule has 0 bridgehead atoms. The van der Waals surface area contributed by atoms with Gasteiger partial charge in [-0.05, 0) is 35.2 Å². The summed E-state index contributed by atoms with van der Waals surface area (Å²) >= 11 is 0. The van der Waals surface area contributed by atoms with Crippen LogP contribution in [0.4, 0.5) is 13.2 Å². The lowest BCUT2D eigenvalue weighted by Gasteiger charge is -2.21. The number of methoxy groups -OCH3 is 1. The maximum absolute atomic E-state index is 13.5. The van der Waals surface area contributed by atoms with Crippen molar-refractivity contribution >= 4 is 23.4 Å². The number of alkyl halides is 3. The normalized spacial score (nSPS) is 20.5. The van der Waals surface area contributed by atoms with Crippen molar-refractivity contribution in [1.82, 2.24) is 5.32 Å². The Kier molecular flexibility index (Phi) is 6.01. The largest absolute Gasteiger partial charge is 0.467 e. The van der Waals surface area contributed by atoms with Crippen molar-refractivity contribution in [3.05, 3.63) is 82.7 Å². The fourth-order valence-corrected chi connectivity index (χ4v) is 4.13. The van der Waals surface area contributed by atoms with Crippen molar-refractivity contribution in [3.8, 4) is 0 Å². The molecule has 0 amide bonds. The van der Waals surface area contributed by atoms with Gasteiger partial charge >= 0.3 is 12.1 Å². The van der Waals surface area contributed by atoms with Crippen LogP contribution in [0.3, 0.4) is 0 Å². The van der Waals surface area contributed by atoms with Gasteiger partial charge < -0.3 is 14.8 Å². The molecule has 1 N–H and O–H groups in total. The number of esters is 1. The third-order valence-corrected chi connectivity index (χ3v) is 5.82. The highest BCUT2D eigenvalue weighted by Crippen LogP contribution is 2.41. The summed E-state index contributed by atoms with van der Waals surface area (Å²) < 4.78 is 50.8. The minimum absolute atomic E-state index is 0.0220. The standard InChI is InChI=1S/C25H22F3NO4/c1-3-19(24(31)32-2)29-23-20(15-8-6-9-16(13-15)25(26,27)28)21(30)22(33-23)18-12-11-14-7-4-5-10-17(14)18/h4-13,18-19,22,29H,3H2,1-2H3. The van der Waals surface area contributed by atoms with Crippen molar-refractivity contribution in [2.24, 2.45) is 0 Å². The molecule has 172 valence electrons.